The lowest BCUT2D eigenvalue weighted by Gasteiger charge is -2.22. The van der Waals surface area contributed by atoms with Crippen LogP contribution in [0.25, 0.3) is 10.9 Å². The monoisotopic (exact) mass is 516 g/mol. The van der Waals surface area contributed by atoms with Crippen LogP contribution in [0, 0.1) is 6.92 Å². The van der Waals surface area contributed by atoms with Gasteiger partial charge in [0.1, 0.15) is 22.5 Å². The van der Waals surface area contributed by atoms with Gasteiger partial charge in [-0.15, -0.1) is 10.2 Å². The van der Waals surface area contributed by atoms with Crippen molar-refractivity contribution in [3.05, 3.63) is 118 Å². The highest BCUT2D eigenvalue weighted by atomic mass is 35.5. The van der Waals surface area contributed by atoms with Crippen LogP contribution >= 0.6 is 23.2 Å². The molecule has 0 N–H and O–H groups in total. The Morgan fingerprint density at radius 2 is 1.61 bits per heavy atom. The summed E-state index contributed by atoms with van der Waals surface area (Å²) in [6.07, 6.45) is 2.67. The maximum atomic E-state index is 6.10. The highest BCUT2D eigenvalue weighted by molar-refractivity contribution is 6.32. The molecule has 6 nitrogen and oxygen atoms in total. The molecule has 182 valence electrons. The summed E-state index contributed by atoms with van der Waals surface area (Å²) < 4.78 is 2.02. The number of pyridine rings is 2. The molecule has 0 aliphatic heterocycles. The molecule has 0 saturated heterocycles. The first-order chi connectivity index (χ1) is 17.5. The van der Waals surface area contributed by atoms with Crippen molar-refractivity contribution in [1.82, 2.24) is 29.6 Å². The van der Waals surface area contributed by atoms with Crippen LogP contribution in [-0.4, -0.2) is 36.2 Å². The minimum Gasteiger partial charge on any atom is -0.312 e. The topological polar surface area (TPSA) is 59.7 Å². The van der Waals surface area contributed by atoms with E-state index in [0.29, 0.717) is 29.9 Å². The van der Waals surface area contributed by atoms with Crippen molar-refractivity contribution >= 4 is 34.1 Å². The van der Waals surface area contributed by atoms with Gasteiger partial charge in [0.2, 0.25) is 0 Å². The Balaban J connectivity index is 1.37. The lowest BCUT2D eigenvalue weighted by Crippen LogP contribution is -2.27. The van der Waals surface area contributed by atoms with Crippen molar-refractivity contribution in [2.24, 2.45) is 0 Å². The number of halogens is 2. The number of aryl methyl sites for hydroxylation is 1. The van der Waals surface area contributed by atoms with Gasteiger partial charge < -0.3 is 4.57 Å². The molecule has 36 heavy (non-hydrogen) atoms. The number of nitrogens with zero attached hydrogens (tertiary/aromatic N) is 6. The van der Waals surface area contributed by atoms with E-state index in [2.05, 4.69) is 75.5 Å². The molecule has 8 heteroatoms. The smallest absolute Gasteiger partial charge is 0.147 e. The fraction of sp³-hybridized carbons (Fsp3) is 0.214. The molecule has 0 radical (unpaired) electrons. The molecule has 0 aliphatic carbocycles. The van der Waals surface area contributed by atoms with Gasteiger partial charge in [-0.2, -0.15) is 0 Å². The van der Waals surface area contributed by atoms with Crippen molar-refractivity contribution in [2.75, 3.05) is 6.54 Å². The highest BCUT2D eigenvalue weighted by Crippen LogP contribution is 2.18. The molecule has 0 aliphatic rings. The number of hydrogen-bond donors (Lipinski definition) is 0. The van der Waals surface area contributed by atoms with Crippen LogP contribution in [0.3, 0.4) is 0 Å². The maximum Gasteiger partial charge on any atom is 0.147 e. The molecular weight excluding hydrogens is 491 g/mol. The zero-order valence-corrected chi connectivity index (χ0v) is 21.5. The number of fused-ring (bicyclic) bond motifs is 1. The normalized spacial score (nSPS) is 11.4. The summed E-state index contributed by atoms with van der Waals surface area (Å²) in [5.41, 5.74) is 5.54. The Morgan fingerprint density at radius 3 is 2.42 bits per heavy atom. The molecule has 0 saturated carbocycles. The number of aromatic nitrogens is 5. The van der Waals surface area contributed by atoms with Crippen LogP contribution in [0.1, 0.15) is 28.2 Å². The van der Waals surface area contributed by atoms with Crippen LogP contribution < -0.4 is 0 Å². The Labute approximate surface area is 220 Å². The van der Waals surface area contributed by atoms with Gasteiger partial charge in [-0.05, 0) is 48.7 Å². The van der Waals surface area contributed by atoms with Gasteiger partial charge in [-0.1, -0.05) is 77.3 Å². The maximum absolute atomic E-state index is 6.10. The van der Waals surface area contributed by atoms with Crippen LogP contribution in [0.4, 0.5) is 0 Å². The van der Waals surface area contributed by atoms with E-state index in [1.165, 1.54) is 11.1 Å². The summed E-state index contributed by atoms with van der Waals surface area (Å²) >= 11 is 12.2. The summed E-state index contributed by atoms with van der Waals surface area (Å²) in [5.74, 6) is 0.865. The number of hydrogen-bond acceptors (Lipinski definition) is 5. The number of para-hydroxylation sites is 1. The predicted molar refractivity (Wildman–Crippen MR) is 144 cm³/mol. The van der Waals surface area contributed by atoms with Gasteiger partial charge in [0.15, 0.2) is 0 Å². The van der Waals surface area contributed by atoms with Crippen molar-refractivity contribution in [1.29, 1.82) is 0 Å². The zero-order chi connectivity index (χ0) is 24.9. The SMILES string of the molecule is Cc1ccc(CCN(Cc2ccc3ccccc3n2)Cc2nncn2Cc2cc(Cl)nc(Cl)c2)cc1. The lowest BCUT2D eigenvalue weighted by molar-refractivity contribution is 0.247. The third kappa shape index (κ3) is 6.26. The molecule has 0 atom stereocenters. The first-order valence-corrected chi connectivity index (χ1v) is 12.6. The zero-order valence-electron chi connectivity index (χ0n) is 20.0. The van der Waals surface area contributed by atoms with Crippen LogP contribution in [0.15, 0.2) is 79.1 Å². The Bertz CT molecular complexity index is 1440. The third-order valence-corrected chi connectivity index (χ3v) is 6.50. The summed E-state index contributed by atoms with van der Waals surface area (Å²) in [5, 5.41) is 10.5. The van der Waals surface area contributed by atoms with Crippen molar-refractivity contribution in [3.63, 3.8) is 0 Å². The summed E-state index contributed by atoms with van der Waals surface area (Å²) in [4.78, 5) is 11.3. The second-order valence-corrected chi connectivity index (χ2v) is 9.71. The van der Waals surface area contributed by atoms with Gasteiger partial charge >= 0.3 is 0 Å². The van der Waals surface area contributed by atoms with Gasteiger partial charge in [-0.25, -0.2) is 4.98 Å². The van der Waals surface area contributed by atoms with E-state index >= 15 is 0 Å². The second-order valence-electron chi connectivity index (χ2n) is 8.94. The third-order valence-electron chi connectivity index (χ3n) is 6.12. The molecule has 3 heterocycles. The van der Waals surface area contributed by atoms with E-state index < -0.39 is 0 Å². The van der Waals surface area contributed by atoms with Crippen molar-refractivity contribution in [3.8, 4) is 0 Å². The van der Waals surface area contributed by atoms with Gasteiger partial charge in [0.25, 0.3) is 0 Å². The molecule has 0 unspecified atom stereocenters. The average molecular weight is 517 g/mol. The highest BCUT2D eigenvalue weighted by Gasteiger charge is 2.14. The fourth-order valence-corrected chi connectivity index (χ4v) is 4.72. The van der Waals surface area contributed by atoms with Gasteiger partial charge in [-0.3, -0.25) is 9.88 Å². The molecule has 0 spiro atoms. The molecule has 2 aromatic carbocycles. The summed E-state index contributed by atoms with van der Waals surface area (Å²) in [6, 6.07) is 24.8. The first-order valence-electron chi connectivity index (χ1n) is 11.8. The van der Waals surface area contributed by atoms with E-state index in [4.69, 9.17) is 28.2 Å². The van der Waals surface area contributed by atoms with Gasteiger partial charge in [0, 0.05) is 18.5 Å². The number of benzene rings is 2. The molecule has 0 fully saturated rings. The summed E-state index contributed by atoms with van der Waals surface area (Å²) in [7, 11) is 0. The van der Waals surface area contributed by atoms with Crippen LogP contribution in [-0.2, 0) is 26.1 Å². The van der Waals surface area contributed by atoms with E-state index in [1.807, 2.05) is 28.8 Å². The summed E-state index contributed by atoms with van der Waals surface area (Å²) in [6.45, 7) is 4.86. The lowest BCUT2D eigenvalue weighted by atomic mass is 10.1. The number of rotatable bonds is 9. The quantitative estimate of drug-likeness (QED) is 0.220. The first kappa shape index (κ1) is 24.4. The molecule has 0 bridgehead atoms. The standard InChI is InChI=1S/C28H26Cl2N6/c1-20-6-8-21(9-7-20)12-13-35(17-24-11-10-23-4-2-3-5-25(23)32-24)18-28-34-31-19-36(28)16-22-14-26(29)33-27(30)15-22/h2-11,14-15,19H,12-13,16-18H2,1H3. The molecular formula is C28H26Cl2N6. The van der Waals surface area contributed by atoms with Crippen molar-refractivity contribution < 1.29 is 0 Å². The minimum atomic E-state index is 0.370. The molecule has 3 aromatic heterocycles. The molecule has 0 amide bonds. The van der Waals surface area contributed by atoms with Crippen LogP contribution in [0.2, 0.25) is 10.3 Å². The Kier molecular flexibility index (Phi) is 7.56. The van der Waals surface area contributed by atoms with E-state index in [0.717, 1.165) is 41.0 Å². The minimum absolute atomic E-state index is 0.370. The molecule has 5 aromatic rings. The van der Waals surface area contributed by atoms with E-state index in [1.54, 1.807) is 6.33 Å². The predicted octanol–water partition coefficient (Wildman–Crippen LogP) is 6.13. The van der Waals surface area contributed by atoms with Crippen LogP contribution in [0.5, 0.6) is 0 Å². The van der Waals surface area contributed by atoms with E-state index in [9.17, 15) is 0 Å². The molecule has 5 rings (SSSR count). The second kappa shape index (κ2) is 11.2. The fourth-order valence-electron chi connectivity index (χ4n) is 4.22. The Morgan fingerprint density at radius 1 is 0.833 bits per heavy atom. The average Bonchev–Trinajstić information content (AvgIpc) is 3.29. The van der Waals surface area contributed by atoms with Crippen molar-refractivity contribution in [2.45, 2.75) is 33.0 Å². The van der Waals surface area contributed by atoms with Gasteiger partial charge in [0.05, 0.1) is 24.3 Å². The van der Waals surface area contributed by atoms with E-state index in [-0.39, 0.29) is 0 Å². The Hall–Kier alpha value is -3.32. The largest absolute Gasteiger partial charge is 0.312 e.